The Morgan fingerprint density at radius 3 is 3.14 bits per heavy atom. The minimum atomic E-state index is 0.120. The Morgan fingerprint density at radius 2 is 2.33 bits per heavy atom. The number of fused-ring (bicyclic) bond motifs is 1. The first kappa shape index (κ1) is 14.4. The Morgan fingerprint density at radius 1 is 1.48 bits per heavy atom. The van der Waals surface area contributed by atoms with Crippen LogP contribution in [0.5, 0.6) is 0 Å². The summed E-state index contributed by atoms with van der Waals surface area (Å²) in [5.74, 6) is 0.120. The molecule has 1 aliphatic heterocycles. The highest BCUT2D eigenvalue weighted by molar-refractivity contribution is 7.00. The Bertz CT molecular complexity index is 624. The third-order valence-electron chi connectivity index (χ3n) is 3.58. The van der Waals surface area contributed by atoms with Crippen molar-refractivity contribution in [3.05, 3.63) is 23.8 Å². The van der Waals surface area contributed by atoms with E-state index < -0.39 is 0 Å². The lowest BCUT2D eigenvalue weighted by atomic mass is 10.1. The van der Waals surface area contributed by atoms with Crippen LogP contribution < -0.4 is 5.32 Å². The van der Waals surface area contributed by atoms with Crippen LogP contribution in [0.1, 0.15) is 12.0 Å². The molecular weight excluding hydrogens is 288 g/mol. The Balaban J connectivity index is 1.59. The quantitative estimate of drug-likeness (QED) is 0.914. The summed E-state index contributed by atoms with van der Waals surface area (Å²) in [6.07, 6.45) is 0.469. The molecule has 0 radical (unpaired) electrons. The number of morpholine rings is 1. The van der Waals surface area contributed by atoms with Gasteiger partial charge in [-0.15, -0.1) is 0 Å². The molecule has 0 aliphatic carbocycles. The van der Waals surface area contributed by atoms with Crippen LogP contribution in [-0.2, 0) is 16.1 Å². The zero-order valence-corrected chi connectivity index (χ0v) is 12.7. The van der Waals surface area contributed by atoms with E-state index >= 15 is 0 Å². The predicted molar refractivity (Wildman–Crippen MR) is 81.1 cm³/mol. The number of nitrogens with one attached hydrogen (secondary N) is 1. The van der Waals surface area contributed by atoms with Gasteiger partial charge in [-0.1, -0.05) is 6.07 Å². The zero-order chi connectivity index (χ0) is 14.7. The molecule has 1 aromatic heterocycles. The van der Waals surface area contributed by atoms with Crippen molar-refractivity contribution in [2.24, 2.45) is 0 Å². The minimum Gasteiger partial charge on any atom is -0.378 e. The van der Waals surface area contributed by atoms with Gasteiger partial charge in [-0.3, -0.25) is 4.79 Å². The second-order valence-corrected chi connectivity index (χ2v) is 5.80. The number of rotatable bonds is 4. The summed E-state index contributed by atoms with van der Waals surface area (Å²) in [6.45, 7) is 2.73. The molecule has 0 bridgehead atoms. The molecule has 1 N–H and O–H groups in total. The van der Waals surface area contributed by atoms with Gasteiger partial charge in [-0.25, -0.2) is 0 Å². The predicted octanol–water partition coefficient (Wildman–Crippen LogP) is 1.03. The molecular formula is C14H18N4O2S. The minimum absolute atomic E-state index is 0.120. The van der Waals surface area contributed by atoms with E-state index in [1.54, 1.807) is 4.90 Å². The number of hydrogen-bond acceptors (Lipinski definition) is 6. The van der Waals surface area contributed by atoms with E-state index in [4.69, 9.17) is 4.74 Å². The summed E-state index contributed by atoms with van der Waals surface area (Å²) in [5, 5.41) is 3.30. The number of ether oxygens (including phenoxy) is 1. The fourth-order valence-electron chi connectivity index (χ4n) is 2.41. The molecule has 1 amide bonds. The average molecular weight is 306 g/mol. The number of hydrogen-bond donors (Lipinski definition) is 1. The number of benzene rings is 1. The molecule has 1 saturated heterocycles. The fourth-order valence-corrected chi connectivity index (χ4v) is 2.92. The Kier molecular flexibility index (Phi) is 4.42. The largest absolute Gasteiger partial charge is 0.378 e. The topological polar surface area (TPSA) is 67.4 Å². The first-order valence-corrected chi connectivity index (χ1v) is 7.72. The summed E-state index contributed by atoms with van der Waals surface area (Å²) in [4.78, 5) is 14.0. The fraction of sp³-hybridized carbons (Fsp3) is 0.500. The molecule has 0 saturated carbocycles. The molecule has 1 atom stereocenters. The van der Waals surface area contributed by atoms with Crippen LogP contribution in [0.4, 0.5) is 0 Å². The average Bonchev–Trinajstić information content (AvgIpc) is 2.95. The van der Waals surface area contributed by atoms with Crippen LogP contribution in [0.15, 0.2) is 18.2 Å². The lowest BCUT2D eigenvalue weighted by Gasteiger charge is -2.25. The highest BCUT2D eigenvalue weighted by atomic mass is 32.1. The summed E-state index contributed by atoms with van der Waals surface area (Å²) >= 11 is 1.21. The van der Waals surface area contributed by atoms with E-state index in [2.05, 4.69) is 14.1 Å². The highest BCUT2D eigenvalue weighted by Gasteiger charge is 2.19. The van der Waals surface area contributed by atoms with Crippen molar-refractivity contribution in [2.45, 2.75) is 19.0 Å². The van der Waals surface area contributed by atoms with Gasteiger partial charge in [0, 0.05) is 32.6 Å². The second kappa shape index (κ2) is 6.46. The summed E-state index contributed by atoms with van der Waals surface area (Å²) in [6, 6.07) is 6.06. The molecule has 1 aliphatic rings. The SMILES string of the molecule is CN(Cc1ccc2nsnc2c1)C(=O)CC1COCCN1. The van der Waals surface area contributed by atoms with Crippen molar-refractivity contribution >= 4 is 28.7 Å². The van der Waals surface area contributed by atoms with Crippen molar-refractivity contribution in [3.63, 3.8) is 0 Å². The smallest absolute Gasteiger partial charge is 0.224 e. The van der Waals surface area contributed by atoms with E-state index in [1.165, 1.54) is 11.7 Å². The molecule has 1 unspecified atom stereocenters. The summed E-state index contributed by atoms with van der Waals surface area (Å²) in [5.41, 5.74) is 2.86. The van der Waals surface area contributed by atoms with Crippen LogP contribution in [0.2, 0.25) is 0 Å². The van der Waals surface area contributed by atoms with Gasteiger partial charge < -0.3 is 15.0 Å². The van der Waals surface area contributed by atoms with Gasteiger partial charge in [-0.2, -0.15) is 8.75 Å². The number of amides is 1. The Labute approximate surface area is 127 Å². The molecule has 112 valence electrons. The molecule has 2 heterocycles. The molecule has 21 heavy (non-hydrogen) atoms. The maximum Gasteiger partial charge on any atom is 0.224 e. The molecule has 7 heteroatoms. The number of nitrogens with zero attached hydrogens (tertiary/aromatic N) is 3. The second-order valence-electron chi connectivity index (χ2n) is 5.27. The third-order valence-corrected chi connectivity index (χ3v) is 4.14. The Hall–Kier alpha value is -1.57. The molecule has 6 nitrogen and oxygen atoms in total. The molecule has 0 spiro atoms. The van der Waals surface area contributed by atoms with Crippen molar-refractivity contribution in [1.29, 1.82) is 0 Å². The van der Waals surface area contributed by atoms with Crippen LogP contribution in [0.3, 0.4) is 0 Å². The van der Waals surface area contributed by atoms with Crippen molar-refractivity contribution in [3.8, 4) is 0 Å². The van der Waals surface area contributed by atoms with Gasteiger partial charge in [0.05, 0.1) is 24.9 Å². The third kappa shape index (κ3) is 3.55. The van der Waals surface area contributed by atoms with E-state index in [0.29, 0.717) is 19.6 Å². The monoisotopic (exact) mass is 306 g/mol. The van der Waals surface area contributed by atoms with Crippen molar-refractivity contribution in [1.82, 2.24) is 19.0 Å². The van der Waals surface area contributed by atoms with Gasteiger partial charge in [-0.05, 0) is 17.7 Å². The molecule has 1 fully saturated rings. The lowest BCUT2D eigenvalue weighted by Crippen LogP contribution is -2.44. The van der Waals surface area contributed by atoms with Gasteiger partial charge in [0.15, 0.2) is 0 Å². The molecule has 3 rings (SSSR count). The first-order chi connectivity index (χ1) is 10.2. The van der Waals surface area contributed by atoms with E-state index in [1.807, 2.05) is 25.2 Å². The van der Waals surface area contributed by atoms with E-state index in [-0.39, 0.29) is 11.9 Å². The number of carbonyl (C=O) groups is 1. The highest BCUT2D eigenvalue weighted by Crippen LogP contribution is 2.15. The van der Waals surface area contributed by atoms with Crippen molar-refractivity contribution in [2.75, 3.05) is 26.8 Å². The summed E-state index contributed by atoms with van der Waals surface area (Å²) < 4.78 is 13.8. The van der Waals surface area contributed by atoms with Crippen LogP contribution in [0.25, 0.3) is 11.0 Å². The van der Waals surface area contributed by atoms with Crippen LogP contribution in [-0.4, -0.2) is 52.4 Å². The summed E-state index contributed by atoms with van der Waals surface area (Å²) in [7, 11) is 1.83. The maximum atomic E-state index is 12.2. The van der Waals surface area contributed by atoms with Crippen LogP contribution in [0, 0.1) is 0 Å². The zero-order valence-electron chi connectivity index (χ0n) is 11.9. The maximum absolute atomic E-state index is 12.2. The van der Waals surface area contributed by atoms with Gasteiger partial charge >= 0.3 is 0 Å². The molecule has 1 aromatic carbocycles. The normalized spacial score (nSPS) is 18.8. The molecule has 2 aromatic rings. The van der Waals surface area contributed by atoms with Gasteiger partial charge in [0.2, 0.25) is 5.91 Å². The standard InChI is InChI=1S/C14H18N4O2S/c1-18(14(19)7-11-9-20-5-4-15-11)8-10-2-3-12-13(6-10)17-21-16-12/h2-3,6,11,15H,4-5,7-9H2,1H3. The first-order valence-electron chi connectivity index (χ1n) is 6.98. The van der Waals surface area contributed by atoms with Gasteiger partial charge in [0.1, 0.15) is 11.0 Å². The van der Waals surface area contributed by atoms with E-state index in [0.717, 1.165) is 29.7 Å². The number of carbonyl (C=O) groups excluding carboxylic acids is 1. The van der Waals surface area contributed by atoms with Crippen LogP contribution >= 0.6 is 11.7 Å². The van der Waals surface area contributed by atoms with Gasteiger partial charge in [0.25, 0.3) is 0 Å². The van der Waals surface area contributed by atoms with E-state index in [9.17, 15) is 4.79 Å². The number of aromatic nitrogens is 2. The van der Waals surface area contributed by atoms with Crippen molar-refractivity contribution < 1.29 is 9.53 Å². The lowest BCUT2D eigenvalue weighted by molar-refractivity contribution is -0.131.